The molecule has 0 saturated carbocycles. The van der Waals surface area contributed by atoms with E-state index in [9.17, 15) is 14.0 Å². The summed E-state index contributed by atoms with van der Waals surface area (Å²) in [6, 6.07) is 13.7. The number of ether oxygens (including phenoxy) is 1. The smallest absolute Gasteiger partial charge is 0.250 e. The van der Waals surface area contributed by atoms with E-state index in [1.807, 2.05) is 54.7 Å². The first kappa shape index (κ1) is 23.8. The number of nitrogens with one attached hydrogen (secondary N) is 1. The molecule has 0 radical (unpaired) electrons. The second-order valence-electron chi connectivity index (χ2n) is 9.34. The summed E-state index contributed by atoms with van der Waals surface area (Å²) < 4.78 is 22.5. The number of amides is 2. The van der Waals surface area contributed by atoms with Gasteiger partial charge in [-0.3, -0.25) is 9.59 Å². The average Bonchev–Trinajstić information content (AvgIpc) is 3.59. The first-order valence-electron chi connectivity index (χ1n) is 12.2. The molecule has 6 rings (SSSR count). The summed E-state index contributed by atoms with van der Waals surface area (Å²) >= 11 is 3.46. The van der Waals surface area contributed by atoms with Crippen LogP contribution in [0.5, 0.6) is 0 Å². The topological polar surface area (TPSA) is 76.5 Å². The molecule has 2 atom stereocenters. The second-order valence-corrected chi connectivity index (χ2v) is 10.3. The summed E-state index contributed by atoms with van der Waals surface area (Å²) in [5, 5.41) is 7.68. The number of rotatable bonds is 6. The Kier molecular flexibility index (Phi) is 6.26. The van der Waals surface area contributed by atoms with Crippen LogP contribution in [0.3, 0.4) is 0 Å². The second kappa shape index (κ2) is 9.72. The van der Waals surface area contributed by atoms with E-state index in [0.717, 1.165) is 38.1 Å². The zero-order valence-corrected chi connectivity index (χ0v) is 21.4. The van der Waals surface area contributed by atoms with Crippen LogP contribution >= 0.6 is 15.9 Å². The Balaban J connectivity index is 1.30. The van der Waals surface area contributed by atoms with Gasteiger partial charge in [-0.15, -0.1) is 0 Å². The fourth-order valence-electron chi connectivity index (χ4n) is 4.93. The molecule has 0 bridgehead atoms. The van der Waals surface area contributed by atoms with Crippen molar-refractivity contribution >= 4 is 39.0 Å². The molecule has 3 aromatic rings. The number of hydrogen-bond donors (Lipinski definition) is 1. The SMILES string of the molecule is O=C1Cc2cc(CCN3C(=O)CO[C@@H]3c3cn(-c4ccc(Br)cc4)nc3C3=CCC(F)C=C3)ccc2N1. The normalized spacial score (nSPS) is 20.8. The number of fused-ring (bicyclic) bond motifs is 1. The van der Waals surface area contributed by atoms with Crippen LogP contribution in [0.15, 0.2) is 71.4 Å². The number of halogens is 2. The van der Waals surface area contributed by atoms with Gasteiger partial charge in [-0.25, -0.2) is 9.07 Å². The van der Waals surface area contributed by atoms with Crippen LogP contribution in [0.1, 0.15) is 35.0 Å². The molecular formula is C28H24BrFN4O3. The molecule has 188 valence electrons. The standard InChI is InChI=1S/C28H24BrFN4O3/c29-20-4-8-22(9-5-20)34-15-23(27(32-34)18-2-6-21(30)7-3-18)28-33(26(36)16-37-28)12-11-17-1-10-24-19(13-17)14-25(35)31-24/h1-6,8-10,13,15,21,28H,7,11-12,14,16H2,(H,31,35)/t21?,28-/m1/s1. The molecule has 3 heterocycles. The van der Waals surface area contributed by atoms with E-state index in [-0.39, 0.29) is 24.8 Å². The van der Waals surface area contributed by atoms with Crippen LogP contribution in [0, 0.1) is 0 Å². The lowest BCUT2D eigenvalue weighted by molar-refractivity contribution is -0.128. The molecule has 2 amide bonds. The summed E-state index contributed by atoms with van der Waals surface area (Å²) in [5.41, 5.74) is 5.95. The van der Waals surface area contributed by atoms with Gasteiger partial charge in [-0.1, -0.05) is 40.2 Å². The summed E-state index contributed by atoms with van der Waals surface area (Å²) in [6.07, 6.45) is 6.65. The molecule has 1 unspecified atom stereocenters. The van der Waals surface area contributed by atoms with Gasteiger partial charge >= 0.3 is 0 Å². The van der Waals surface area contributed by atoms with Gasteiger partial charge in [0.25, 0.3) is 5.91 Å². The van der Waals surface area contributed by atoms with Gasteiger partial charge in [0.15, 0.2) is 6.23 Å². The van der Waals surface area contributed by atoms with E-state index >= 15 is 0 Å². The Morgan fingerprint density at radius 1 is 1.16 bits per heavy atom. The van der Waals surface area contributed by atoms with Crippen LogP contribution in [-0.2, 0) is 27.2 Å². The zero-order chi connectivity index (χ0) is 25.5. The monoisotopic (exact) mass is 562 g/mol. The molecule has 1 N–H and O–H groups in total. The highest BCUT2D eigenvalue weighted by molar-refractivity contribution is 9.10. The van der Waals surface area contributed by atoms with Gasteiger partial charge in [0.05, 0.1) is 12.1 Å². The molecule has 9 heteroatoms. The van der Waals surface area contributed by atoms with Crippen molar-refractivity contribution in [1.29, 1.82) is 0 Å². The molecule has 2 aromatic carbocycles. The minimum atomic E-state index is -1.01. The minimum Gasteiger partial charge on any atom is -0.344 e. The molecular weight excluding hydrogens is 539 g/mol. The largest absolute Gasteiger partial charge is 0.344 e. The number of benzene rings is 2. The maximum absolute atomic E-state index is 13.8. The number of aromatic nitrogens is 2. The minimum absolute atomic E-state index is 0.00389. The van der Waals surface area contributed by atoms with Crippen LogP contribution in [0.4, 0.5) is 10.1 Å². The van der Waals surface area contributed by atoms with Gasteiger partial charge in [0, 0.05) is 34.9 Å². The van der Waals surface area contributed by atoms with Crippen molar-refractivity contribution in [3.63, 3.8) is 0 Å². The Morgan fingerprint density at radius 2 is 2.00 bits per heavy atom. The lowest BCUT2D eigenvalue weighted by Gasteiger charge is -2.23. The maximum atomic E-state index is 13.8. The first-order chi connectivity index (χ1) is 17.9. The molecule has 1 aliphatic carbocycles. The van der Waals surface area contributed by atoms with E-state index < -0.39 is 12.4 Å². The summed E-state index contributed by atoms with van der Waals surface area (Å²) in [6.45, 7) is 0.436. The van der Waals surface area contributed by atoms with E-state index in [2.05, 4.69) is 21.2 Å². The Labute approximate surface area is 221 Å². The Bertz CT molecular complexity index is 1450. The van der Waals surface area contributed by atoms with Crippen molar-refractivity contribution in [2.45, 2.75) is 31.7 Å². The van der Waals surface area contributed by atoms with E-state index in [1.165, 1.54) is 6.08 Å². The number of hydrogen-bond acceptors (Lipinski definition) is 4. The Morgan fingerprint density at radius 3 is 2.78 bits per heavy atom. The molecule has 0 spiro atoms. The molecule has 1 aromatic heterocycles. The van der Waals surface area contributed by atoms with Crippen LogP contribution < -0.4 is 5.32 Å². The number of carbonyl (C=O) groups is 2. The molecule has 1 saturated heterocycles. The van der Waals surface area contributed by atoms with Crippen molar-refractivity contribution in [2.24, 2.45) is 0 Å². The third-order valence-corrected chi connectivity index (χ3v) is 7.35. The Hall–Kier alpha value is -3.56. The molecule has 37 heavy (non-hydrogen) atoms. The predicted molar refractivity (Wildman–Crippen MR) is 141 cm³/mol. The summed E-state index contributed by atoms with van der Waals surface area (Å²) in [4.78, 5) is 26.3. The fraction of sp³-hybridized carbons (Fsp3) is 0.250. The van der Waals surface area contributed by atoms with E-state index in [0.29, 0.717) is 25.1 Å². The highest BCUT2D eigenvalue weighted by atomic mass is 79.9. The third kappa shape index (κ3) is 4.76. The number of nitrogens with zero attached hydrogens (tertiary/aromatic N) is 3. The number of allylic oxidation sites excluding steroid dienone is 4. The number of alkyl halides is 1. The molecule has 3 aliphatic rings. The van der Waals surface area contributed by atoms with Crippen LogP contribution in [0.2, 0.25) is 0 Å². The number of carbonyl (C=O) groups excluding carboxylic acids is 2. The van der Waals surface area contributed by atoms with Gasteiger partial charge in [-0.2, -0.15) is 5.10 Å². The first-order valence-corrected chi connectivity index (χ1v) is 12.9. The van der Waals surface area contributed by atoms with Gasteiger partial charge < -0.3 is 15.0 Å². The molecule has 1 fully saturated rings. The van der Waals surface area contributed by atoms with Gasteiger partial charge in [0.1, 0.15) is 18.5 Å². The third-order valence-electron chi connectivity index (χ3n) is 6.82. The molecule has 7 nitrogen and oxygen atoms in total. The van der Waals surface area contributed by atoms with E-state index in [1.54, 1.807) is 15.7 Å². The van der Waals surface area contributed by atoms with E-state index in [4.69, 9.17) is 9.84 Å². The lowest BCUT2D eigenvalue weighted by Crippen LogP contribution is -2.31. The highest BCUT2D eigenvalue weighted by Crippen LogP contribution is 2.35. The van der Waals surface area contributed by atoms with Crippen molar-refractivity contribution in [3.8, 4) is 5.69 Å². The van der Waals surface area contributed by atoms with Crippen molar-refractivity contribution in [3.05, 3.63) is 93.7 Å². The van der Waals surface area contributed by atoms with Crippen molar-refractivity contribution in [1.82, 2.24) is 14.7 Å². The van der Waals surface area contributed by atoms with Crippen LogP contribution in [-0.4, -0.2) is 45.8 Å². The maximum Gasteiger partial charge on any atom is 0.250 e. The number of anilines is 1. The fourth-order valence-corrected chi connectivity index (χ4v) is 5.19. The van der Waals surface area contributed by atoms with Crippen molar-refractivity contribution in [2.75, 3.05) is 18.5 Å². The summed E-state index contributed by atoms with van der Waals surface area (Å²) in [7, 11) is 0. The quantitative estimate of drug-likeness (QED) is 0.463. The van der Waals surface area contributed by atoms with Gasteiger partial charge in [0.2, 0.25) is 5.91 Å². The zero-order valence-electron chi connectivity index (χ0n) is 19.9. The van der Waals surface area contributed by atoms with Crippen LogP contribution in [0.25, 0.3) is 11.3 Å². The summed E-state index contributed by atoms with van der Waals surface area (Å²) in [5.74, 6) is -0.0990. The molecule has 2 aliphatic heterocycles. The highest BCUT2D eigenvalue weighted by Gasteiger charge is 2.36. The van der Waals surface area contributed by atoms with Crippen molar-refractivity contribution < 1.29 is 18.7 Å². The predicted octanol–water partition coefficient (Wildman–Crippen LogP) is 4.91. The average molecular weight is 563 g/mol. The lowest BCUT2D eigenvalue weighted by atomic mass is 10.00. The van der Waals surface area contributed by atoms with Gasteiger partial charge in [-0.05, 0) is 59.5 Å².